The van der Waals surface area contributed by atoms with Gasteiger partial charge in [-0.3, -0.25) is 0 Å². The molecule has 1 saturated heterocycles. The van der Waals surface area contributed by atoms with Crippen molar-refractivity contribution >= 4 is 17.3 Å². The van der Waals surface area contributed by atoms with Crippen molar-refractivity contribution in [3.8, 4) is 5.75 Å². The van der Waals surface area contributed by atoms with E-state index >= 15 is 0 Å². The minimum atomic E-state index is 0.0961. The summed E-state index contributed by atoms with van der Waals surface area (Å²) in [7, 11) is 1.68. The van der Waals surface area contributed by atoms with Crippen molar-refractivity contribution in [1.82, 2.24) is 5.32 Å². The fourth-order valence-corrected chi connectivity index (χ4v) is 2.56. The van der Waals surface area contributed by atoms with E-state index in [1.165, 1.54) is 0 Å². The van der Waals surface area contributed by atoms with Crippen molar-refractivity contribution in [3.63, 3.8) is 0 Å². The lowest BCUT2D eigenvalue weighted by molar-refractivity contribution is 0.318. The van der Waals surface area contributed by atoms with E-state index in [-0.39, 0.29) is 5.54 Å². The van der Waals surface area contributed by atoms with Gasteiger partial charge in [0.2, 0.25) is 0 Å². The van der Waals surface area contributed by atoms with Gasteiger partial charge in [0, 0.05) is 30.7 Å². The van der Waals surface area contributed by atoms with Crippen molar-refractivity contribution in [3.05, 3.63) is 23.2 Å². The monoisotopic (exact) mass is 268 g/mol. The van der Waals surface area contributed by atoms with E-state index in [2.05, 4.69) is 31.0 Å². The molecule has 0 radical (unpaired) electrons. The van der Waals surface area contributed by atoms with Gasteiger partial charge in [-0.05, 0) is 32.9 Å². The zero-order valence-electron chi connectivity index (χ0n) is 11.5. The highest BCUT2D eigenvalue weighted by atomic mass is 35.5. The Labute approximate surface area is 114 Å². The Bertz CT molecular complexity index is 434. The van der Waals surface area contributed by atoms with Crippen molar-refractivity contribution in [2.24, 2.45) is 0 Å². The second-order valence-corrected chi connectivity index (χ2v) is 5.97. The van der Waals surface area contributed by atoms with Crippen LogP contribution in [0.1, 0.15) is 20.8 Å². The van der Waals surface area contributed by atoms with Crippen molar-refractivity contribution in [2.45, 2.75) is 32.4 Å². The van der Waals surface area contributed by atoms with Gasteiger partial charge >= 0.3 is 0 Å². The van der Waals surface area contributed by atoms with E-state index in [1.807, 2.05) is 18.2 Å². The van der Waals surface area contributed by atoms with Gasteiger partial charge in [-0.25, -0.2) is 0 Å². The number of hydrogen-bond donors (Lipinski definition) is 1. The summed E-state index contributed by atoms with van der Waals surface area (Å²) in [5.74, 6) is 0.845. The van der Waals surface area contributed by atoms with Gasteiger partial charge in [-0.15, -0.1) is 0 Å². The minimum absolute atomic E-state index is 0.0961. The van der Waals surface area contributed by atoms with Crippen LogP contribution >= 0.6 is 11.6 Å². The number of piperazine rings is 1. The van der Waals surface area contributed by atoms with Gasteiger partial charge in [-0.1, -0.05) is 11.6 Å². The molecule has 0 saturated carbocycles. The zero-order valence-corrected chi connectivity index (χ0v) is 12.2. The molecule has 0 aromatic heterocycles. The van der Waals surface area contributed by atoms with Crippen LogP contribution in [-0.2, 0) is 0 Å². The fraction of sp³-hybridized carbons (Fsp3) is 0.571. The van der Waals surface area contributed by atoms with Crippen molar-refractivity contribution in [2.75, 3.05) is 25.1 Å². The van der Waals surface area contributed by atoms with Crippen LogP contribution in [0.25, 0.3) is 0 Å². The first kappa shape index (κ1) is 13.5. The molecule has 1 atom stereocenters. The lowest BCUT2D eigenvalue weighted by atomic mass is 9.98. The highest BCUT2D eigenvalue weighted by Crippen LogP contribution is 2.33. The molecule has 3 nitrogen and oxygen atoms in total. The number of methoxy groups -OCH3 is 1. The first-order valence-corrected chi connectivity index (χ1v) is 6.66. The Kier molecular flexibility index (Phi) is 3.74. The van der Waals surface area contributed by atoms with Crippen LogP contribution in [0.15, 0.2) is 18.2 Å². The summed E-state index contributed by atoms with van der Waals surface area (Å²) < 4.78 is 5.29. The number of anilines is 1. The third-order valence-corrected chi connectivity index (χ3v) is 3.76. The smallest absolute Gasteiger partial charge is 0.121 e. The lowest BCUT2D eigenvalue weighted by Gasteiger charge is -2.45. The molecule has 1 fully saturated rings. The van der Waals surface area contributed by atoms with Crippen LogP contribution in [0, 0.1) is 0 Å². The molecule has 1 unspecified atom stereocenters. The molecule has 2 rings (SSSR count). The SMILES string of the molecule is COc1ccc(Cl)c(N2CC(C)(C)NCC2C)c1. The second-order valence-electron chi connectivity index (χ2n) is 5.56. The molecule has 18 heavy (non-hydrogen) atoms. The Balaban J connectivity index is 2.34. The predicted molar refractivity (Wildman–Crippen MR) is 76.9 cm³/mol. The molecule has 0 spiro atoms. The van der Waals surface area contributed by atoms with Crippen LogP contribution in [-0.4, -0.2) is 31.8 Å². The molecule has 1 N–H and O–H groups in total. The van der Waals surface area contributed by atoms with Gasteiger partial charge < -0.3 is 15.0 Å². The highest BCUT2D eigenvalue weighted by Gasteiger charge is 2.31. The molecular formula is C14H21ClN2O. The topological polar surface area (TPSA) is 24.5 Å². The number of rotatable bonds is 2. The minimum Gasteiger partial charge on any atom is -0.497 e. The molecule has 0 bridgehead atoms. The van der Waals surface area contributed by atoms with Crippen LogP contribution in [0.5, 0.6) is 5.75 Å². The summed E-state index contributed by atoms with van der Waals surface area (Å²) >= 11 is 6.33. The van der Waals surface area contributed by atoms with E-state index in [1.54, 1.807) is 7.11 Å². The second kappa shape index (κ2) is 4.98. The maximum absolute atomic E-state index is 6.33. The van der Waals surface area contributed by atoms with E-state index in [9.17, 15) is 0 Å². The van der Waals surface area contributed by atoms with Gasteiger partial charge in [-0.2, -0.15) is 0 Å². The van der Waals surface area contributed by atoms with E-state index in [0.717, 1.165) is 29.5 Å². The highest BCUT2D eigenvalue weighted by molar-refractivity contribution is 6.33. The van der Waals surface area contributed by atoms with E-state index in [0.29, 0.717) is 6.04 Å². The van der Waals surface area contributed by atoms with E-state index in [4.69, 9.17) is 16.3 Å². The molecule has 1 aliphatic heterocycles. The number of nitrogens with zero attached hydrogens (tertiary/aromatic N) is 1. The molecule has 0 aliphatic carbocycles. The summed E-state index contributed by atoms with van der Waals surface area (Å²) in [6, 6.07) is 6.23. The number of benzene rings is 1. The summed E-state index contributed by atoms with van der Waals surface area (Å²) in [6.07, 6.45) is 0. The van der Waals surface area contributed by atoms with Gasteiger partial charge in [0.25, 0.3) is 0 Å². The van der Waals surface area contributed by atoms with Crippen LogP contribution < -0.4 is 15.0 Å². The normalized spacial score (nSPS) is 22.9. The first-order valence-electron chi connectivity index (χ1n) is 6.28. The standard InChI is InChI=1S/C14H21ClN2O/c1-10-8-16-14(2,3)9-17(10)13-7-11(18-4)5-6-12(13)15/h5-7,10,16H,8-9H2,1-4H3. The Morgan fingerprint density at radius 1 is 1.44 bits per heavy atom. The van der Waals surface area contributed by atoms with Crippen LogP contribution in [0.3, 0.4) is 0 Å². The molecule has 1 aliphatic rings. The average molecular weight is 269 g/mol. The van der Waals surface area contributed by atoms with E-state index < -0.39 is 0 Å². The predicted octanol–water partition coefficient (Wildman–Crippen LogP) is 2.93. The Morgan fingerprint density at radius 2 is 2.17 bits per heavy atom. The number of halogens is 1. The summed E-state index contributed by atoms with van der Waals surface area (Å²) in [4.78, 5) is 2.35. The average Bonchev–Trinajstić information content (AvgIpc) is 2.33. The third-order valence-electron chi connectivity index (χ3n) is 3.44. The molecule has 100 valence electrons. The molecule has 4 heteroatoms. The lowest BCUT2D eigenvalue weighted by Crippen LogP contribution is -2.61. The maximum Gasteiger partial charge on any atom is 0.121 e. The van der Waals surface area contributed by atoms with Gasteiger partial charge in [0.15, 0.2) is 0 Å². The molecule has 1 aromatic carbocycles. The quantitative estimate of drug-likeness (QED) is 0.893. The Morgan fingerprint density at radius 3 is 2.83 bits per heavy atom. The zero-order chi connectivity index (χ0) is 13.3. The molecule has 0 amide bonds. The summed E-state index contributed by atoms with van der Waals surface area (Å²) in [6.45, 7) is 8.51. The fourth-order valence-electron chi connectivity index (χ4n) is 2.33. The van der Waals surface area contributed by atoms with Crippen LogP contribution in [0.2, 0.25) is 5.02 Å². The summed E-state index contributed by atoms with van der Waals surface area (Å²) in [5.41, 5.74) is 1.15. The number of ether oxygens (including phenoxy) is 1. The van der Waals surface area contributed by atoms with Gasteiger partial charge in [0.1, 0.15) is 5.75 Å². The van der Waals surface area contributed by atoms with Gasteiger partial charge in [0.05, 0.1) is 17.8 Å². The molecular weight excluding hydrogens is 248 g/mol. The first-order chi connectivity index (χ1) is 8.43. The van der Waals surface area contributed by atoms with Crippen molar-refractivity contribution in [1.29, 1.82) is 0 Å². The van der Waals surface area contributed by atoms with Crippen molar-refractivity contribution < 1.29 is 4.74 Å². The molecule has 1 heterocycles. The molecule has 1 aromatic rings. The third kappa shape index (κ3) is 2.73. The largest absolute Gasteiger partial charge is 0.497 e. The number of hydrogen-bond acceptors (Lipinski definition) is 3. The Hall–Kier alpha value is -0.930. The number of nitrogens with one attached hydrogen (secondary N) is 1. The maximum atomic E-state index is 6.33. The van der Waals surface area contributed by atoms with Crippen LogP contribution in [0.4, 0.5) is 5.69 Å². The summed E-state index contributed by atoms with van der Waals surface area (Å²) in [5, 5.41) is 4.32.